The summed E-state index contributed by atoms with van der Waals surface area (Å²) in [7, 11) is 0. The highest BCUT2D eigenvalue weighted by Gasteiger charge is 2.10. The Bertz CT molecular complexity index is 538. The Hall–Kier alpha value is -2.06. The Morgan fingerprint density at radius 2 is 2.20 bits per heavy atom. The molecule has 0 aliphatic rings. The molecule has 0 aliphatic heterocycles. The number of carbonyl (C=O) groups excluding carboxylic acids is 2. The average molecular weight is 295 g/mol. The molecule has 0 bridgehead atoms. The Balaban J connectivity index is 2.53. The Morgan fingerprint density at radius 1 is 1.45 bits per heavy atom. The van der Waals surface area contributed by atoms with Gasteiger partial charge < -0.3 is 10.1 Å². The van der Waals surface area contributed by atoms with Crippen LogP contribution in [0, 0.1) is 11.3 Å². The number of nitrogens with zero attached hydrogens (tertiary/aromatic N) is 1. The van der Waals surface area contributed by atoms with Crippen LogP contribution < -0.4 is 5.32 Å². The summed E-state index contributed by atoms with van der Waals surface area (Å²) in [6.07, 6.45) is 1.91. The molecule has 0 radical (unpaired) electrons. The number of anilines is 1. The van der Waals surface area contributed by atoms with Crippen molar-refractivity contribution in [2.45, 2.75) is 26.2 Å². The van der Waals surface area contributed by atoms with Crippen LogP contribution in [0.4, 0.5) is 5.69 Å². The van der Waals surface area contributed by atoms with Crippen molar-refractivity contribution in [3.8, 4) is 6.07 Å². The number of amides is 1. The van der Waals surface area contributed by atoms with E-state index in [0.29, 0.717) is 22.7 Å². The molecule has 1 amide bonds. The lowest BCUT2D eigenvalue weighted by Crippen LogP contribution is -2.21. The minimum Gasteiger partial charge on any atom is -0.456 e. The van der Waals surface area contributed by atoms with E-state index in [1.807, 2.05) is 13.0 Å². The summed E-state index contributed by atoms with van der Waals surface area (Å²) < 4.78 is 4.81. The predicted molar refractivity (Wildman–Crippen MR) is 75.3 cm³/mol. The number of ether oxygens (including phenoxy) is 1. The highest BCUT2D eigenvalue weighted by atomic mass is 35.5. The summed E-state index contributed by atoms with van der Waals surface area (Å²) in [4.78, 5) is 22.9. The normalized spacial score (nSPS) is 9.65. The molecule has 6 heteroatoms. The standard InChI is InChI=1S/C14H15ClN2O3/c1-2-3-4-14(19)20-9-13(18)17-12-7-11(15)6-5-10(12)8-16/h5-7H,2-4,9H2,1H3,(H,17,18). The van der Waals surface area contributed by atoms with Gasteiger partial charge in [-0.15, -0.1) is 0 Å². The Morgan fingerprint density at radius 3 is 2.85 bits per heavy atom. The van der Waals surface area contributed by atoms with Gasteiger partial charge in [-0.05, 0) is 24.6 Å². The quantitative estimate of drug-likeness (QED) is 0.818. The van der Waals surface area contributed by atoms with Crippen molar-refractivity contribution in [1.29, 1.82) is 5.26 Å². The third kappa shape index (κ3) is 5.29. The summed E-state index contributed by atoms with van der Waals surface area (Å²) in [5.74, 6) is -0.915. The maximum absolute atomic E-state index is 11.6. The van der Waals surface area contributed by atoms with Crippen molar-refractivity contribution in [2.24, 2.45) is 0 Å². The van der Waals surface area contributed by atoms with E-state index < -0.39 is 11.9 Å². The van der Waals surface area contributed by atoms with Crippen LogP contribution in [-0.4, -0.2) is 18.5 Å². The summed E-state index contributed by atoms with van der Waals surface area (Å²) in [6, 6.07) is 6.47. The average Bonchev–Trinajstić information content (AvgIpc) is 2.43. The third-order valence-corrected chi connectivity index (χ3v) is 2.71. The Kier molecular flexibility index (Phi) is 6.54. The molecule has 0 saturated heterocycles. The number of nitrogens with one attached hydrogen (secondary N) is 1. The molecule has 0 atom stereocenters. The molecule has 1 aromatic rings. The van der Waals surface area contributed by atoms with Gasteiger partial charge in [-0.2, -0.15) is 5.26 Å². The molecule has 20 heavy (non-hydrogen) atoms. The first kappa shape index (κ1) is 16.0. The second kappa shape index (κ2) is 8.18. The van der Waals surface area contributed by atoms with Crippen LogP contribution in [0.1, 0.15) is 31.7 Å². The molecule has 0 heterocycles. The number of rotatable bonds is 6. The highest BCUT2D eigenvalue weighted by molar-refractivity contribution is 6.31. The van der Waals surface area contributed by atoms with Gasteiger partial charge in [-0.25, -0.2) is 0 Å². The number of halogens is 1. The number of unbranched alkanes of at least 4 members (excludes halogenated alkanes) is 1. The van der Waals surface area contributed by atoms with Gasteiger partial charge in [0, 0.05) is 11.4 Å². The summed E-state index contributed by atoms with van der Waals surface area (Å²) in [5, 5.41) is 11.8. The first-order chi connectivity index (χ1) is 9.56. The number of carbonyl (C=O) groups is 2. The van der Waals surface area contributed by atoms with E-state index in [1.165, 1.54) is 12.1 Å². The van der Waals surface area contributed by atoms with Gasteiger partial charge in [0.2, 0.25) is 0 Å². The second-order valence-corrected chi connectivity index (χ2v) is 4.55. The molecular weight excluding hydrogens is 280 g/mol. The third-order valence-electron chi connectivity index (χ3n) is 2.47. The lowest BCUT2D eigenvalue weighted by atomic mass is 10.2. The second-order valence-electron chi connectivity index (χ2n) is 4.11. The molecule has 1 rings (SSSR count). The maximum atomic E-state index is 11.6. The van der Waals surface area contributed by atoms with Crippen LogP contribution >= 0.6 is 11.6 Å². The molecular formula is C14H15ClN2O3. The van der Waals surface area contributed by atoms with Crippen molar-refractivity contribution in [3.63, 3.8) is 0 Å². The lowest BCUT2D eigenvalue weighted by Gasteiger charge is -2.08. The zero-order chi connectivity index (χ0) is 15.0. The van der Waals surface area contributed by atoms with Crippen molar-refractivity contribution in [1.82, 2.24) is 0 Å². The molecule has 0 saturated carbocycles. The van der Waals surface area contributed by atoms with E-state index in [2.05, 4.69) is 5.32 Å². The zero-order valence-corrected chi connectivity index (χ0v) is 11.9. The van der Waals surface area contributed by atoms with E-state index in [9.17, 15) is 9.59 Å². The van der Waals surface area contributed by atoms with E-state index in [1.54, 1.807) is 6.07 Å². The van der Waals surface area contributed by atoms with E-state index >= 15 is 0 Å². The van der Waals surface area contributed by atoms with Crippen LogP contribution in [0.5, 0.6) is 0 Å². The summed E-state index contributed by atoms with van der Waals surface area (Å²) in [6.45, 7) is 1.59. The van der Waals surface area contributed by atoms with Crippen LogP contribution in [0.15, 0.2) is 18.2 Å². The van der Waals surface area contributed by atoms with Crippen LogP contribution in [0.25, 0.3) is 0 Å². The molecule has 0 aliphatic carbocycles. The van der Waals surface area contributed by atoms with E-state index in [0.717, 1.165) is 12.8 Å². The number of hydrogen-bond donors (Lipinski definition) is 1. The smallest absolute Gasteiger partial charge is 0.306 e. The fraction of sp³-hybridized carbons (Fsp3) is 0.357. The minimum absolute atomic E-state index is 0.292. The van der Waals surface area contributed by atoms with Gasteiger partial charge in [-0.3, -0.25) is 9.59 Å². The Labute approximate surface area is 122 Å². The topological polar surface area (TPSA) is 79.2 Å². The van der Waals surface area contributed by atoms with Crippen molar-refractivity contribution in [3.05, 3.63) is 28.8 Å². The fourth-order valence-electron chi connectivity index (χ4n) is 1.44. The lowest BCUT2D eigenvalue weighted by molar-refractivity contribution is -0.147. The molecule has 0 fully saturated rings. The predicted octanol–water partition coefficient (Wildman–Crippen LogP) is 2.88. The fourth-order valence-corrected chi connectivity index (χ4v) is 1.62. The summed E-state index contributed by atoms with van der Waals surface area (Å²) >= 11 is 5.80. The maximum Gasteiger partial charge on any atom is 0.306 e. The first-order valence-electron chi connectivity index (χ1n) is 6.22. The van der Waals surface area contributed by atoms with Crippen LogP contribution in [0.3, 0.4) is 0 Å². The zero-order valence-electron chi connectivity index (χ0n) is 11.1. The largest absolute Gasteiger partial charge is 0.456 e. The number of hydrogen-bond acceptors (Lipinski definition) is 4. The van der Waals surface area contributed by atoms with E-state index in [-0.39, 0.29) is 6.61 Å². The van der Waals surface area contributed by atoms with Gasteiger partial charge in [0.1, 0.15) is 6.07 Å². The number of nitriles is 1. The van der Waals surface area contributed by atoms with Gasteiger partial charge >= 0.3 is 5.97 Å². The van der Waals surface area contributed by atoms with Crippen LogP contribution in [0.2, 0.25) is 5.02 Å². The van der Waals surface area contributed by atoms with Crippen molar-refractivity contribution < 1.29 is 14.3 Å². The summed E-state index contributed by atoms with van der Waals surface area (Å²) in [5.41, 5.74) is 0.592. The highest BCUT2D eigenvalue weighted by Crippen LogP contribution is 2.20. The molecule has 0 spiro atoms. The van der Waals surface area contributed by atoms with Crippen molar-refractivity contribution in [2.75, 3.05) is 11.9 Å². The minimum atomic E-state index is -0.506. The SMILES string of the molecule is CCCCC(=O)OCC(=O)Nc1cc(Cl)ccc1C#N. The molecule has 1 aromatic carbocycles. The number of benzene rings is 1. The monoisotopic (exact) mass is 294 g/mol. The first-order valence-corrected chi connectivity index (χ1v) is 6.59. The van der Waals surface area contributed by atoms with Gasteiger partial charge in [0.15, 0.2) is 6.61 Å². The number of esters is 1. The van der Waals surface area contributed by atoms with Crippen LogP contribution in [-0.2, 0) is 14.3 Å². The van der Waals surface area contributed by atoms with E-state index in [4.69, 9.17) is 21.6 Å². The molecule has 0 unspecified atom stereocenters. The molecule has 106 valence electrons. The molecule has 5 nitrogen and oxygen atoms in total. The van der Waals surface area contributed by atoms with Gasteiger partial charge in [0.05, 0.1) is 11.3 Å². The van der Waals surface area contributed by atoms with Crippen molar-refractivity contribution >= 4 is 29.2 Å². The molecule has 0 aromatic heterocycles. The van der Waals surface area contributed by atoms with Gasteiger partial charge in [0.25, 0.3) is 5.91 Å². The van der Waals surface area contributed by atoms with Gasteiger partial charge in [-0.1, -0.05) is 24.9 Å². The molecule has 1 N–H and O–H groups in total.